The Bertz CT molecular complexity index is 1330. The normalized spacial score (nSPS) is 28.2. The second-order valence-electron chi connectivity index (χ2n) is 11.4. The summed E-state index contributed by atoms with van der Waals surface area (Å²) < 4.78 is 13.9. The number of hydrogen-bond acceptors (Lipinski definition) is 8. The zero-order valence-electron chi connectivity index (χ0n) is 23.6. The maximum absolute atomic E-state index is 14.5. The van der Waals surface area contributed by atoms with E-state index in [2.05, 4.69) is 23.5 Å². The van der Waals surface area contributed by atoms with E-state index in [0.29, 0.717) is 50.6 Å². The number of carbonyl (C=O) groups excluding carboxylic acids is 3. The van der Waals surface area contributed by atoms with Gasteiger partial charge in [0.2, 0.25) is 11.8 Å². The molecular weight excluding hydrogens is 526 g/mol. The van der Waals surface area contributed by atoms with Crippen LogP contribution in [0.4, 0.5) is 0 Å². The minimum absolute atomic E-state index is 0.0575. The third-order valence-corrected chi connectivity index (χ3v) is 8.77. The fourth-order valence-electron chi connectivity index (χ4n) is 6.94. The van der Waals surface area contributed by atoms with E-state index >= 15 is 0 Å². The molecule has 5 rings (SSSR count). The van der Waals surface area contributed by atoms with Gasteiger partial charge in [-0.2, -0.15) is 0 Å². The van der Waals surface area contributed by atoms with Gasteiger partial charge in [-0.3, -0.25) is 14.4 Å². The van der Waals surface area contributed by atoms with E-state index in [-0.39, 0.29) is 38.2 Å². The van der Waals surface area contributed by atoms with Crippen molar-refractivity contribution in [3.8, 4) is 0 Å². The van der Waals surface area contributed by atoms with Gasteiger partial charge in [0.25, 0.3) is 0 Å². The Kier molecular flexibility index (Phi) is 8.28. The highest BCUT2D eigenvalue weighted by atomic mass is 16.6. The summed E-state index contributed by atoms with van der Waals surface area (Å²) in [6.07, 6.45) is 6.75. The fourth-order valence-corrected chi connectivity index (χ4v) is 6.94. The van der Waals surface area contributed by atoms with Gasteiger partial charge >= 0.3 is 5.97 Å². The van der Waals surface area contributed by atoms with Gasteiger partial charge in [0.05, 0.1) is 23.6 Å². The number of para-hydroxylation sites is 1. The zero-order valence-corrected chi connectivity index (χ0v) is 23.6. The number of hydrogen-bond donors (Lipinski definition) is 1. The summed E-state index contributed by atoms with van der Waals surface area (Å²) in [5.74, 6) is -2.64. The first-order chi connectivity index (χ1) is 19.8. The molecule has 1 aromatic heterocycles. The minimum atomic E-state index is -1.15. The van der Waals surface area contributed by atoms with Crippen LogP contribution in [0.15, 0.2) is 49.6 Å². The molecular formula is C30H39N5O6. The van der Waals surface area contributed by atoms with Crippen LogP contribution in [0.2, 0.25) is 0 Å². The molecule has 2 amide bonds. The molecule has 5 atom stereocenters. The first-order valence-electron chi connectivity index (χ1n) is 14.4. The molecule has 11 heteroatoms. The summed E-state index contributed by atoms with van der Waals surface area (Å²) >= 11 is 0. The molecule has 1 spiro atoms. The van der Waals surface area contributed by atoms with Crippen molar-refractivity contribution in [2.24, 2.45) is 11.8 Å². The lowest BCUT2D eigenvalue weighted by molar-refractivity contribution is -0.160. The molecule has 220 valence electrons. The Balaban J connectivity index is 1.49. The van der Waals surface area contributed by atoms with E-state index in [1.807, 2.05) is 31.2 Å². The van der Waals surface area contributed by atoms with Gasteiger partial charge in [0.15, 0.2) is 0 Å². The van der Waals surface area contributed by atoms with Crippen LogP contribution in [0.5, 0.6) is 0 Å². The molecule has 41 heavy (non-hydrogen) atoms. The number of aromatic nitrogens is 3. The number of aliphatic hydroxyl groups excluding tert-OH is 1. The van der Waals surface area contributed by atoms with E-state index < -0.39 is 35.0 Å². The maximum Gasteiger partial charge on any atom is 0.312 e. The molecule has 0 aliphatic carbocycles. The van der Waals surface area contributed by atoms with Crippen molar-refractivity contribution in [3.63, 3.8) is 0 Å². The smallest absolute Gasteiger partial charge is 0.312 e. The monoisotopic (exact) mass is 565 g/mol. The average Bonchev–Trinajstić information content (AvgIpc) is 3.66. The molecule has 3 aliphatic heterocycles. The number of likely N-dealkylation sites (tertiary alicyclic amines) is 1. The summed E-state index contributed by atoms with van der Waals surface area (Å²) in [5, 5.41) is 17.7. The van der Waals surface area contributed by atoms with Gasteiger partial charge in [-0.05, 0) is 57.6 Å². The van der Waals surface area contributed by atoms with Crippen molar-refractivity contribution in [3.05, 3.63) is 49.6 Å². The van der Waals surface area contributed by atoms with Crippen molar-refractivity contribution >= 4 is 28.8 Å². The number of carbonyl (C=O) groups is 3. The van der Waals surface area contributed by atoms with Crippen molar-refractivity contribution in [2.45, 2.75) is 69.4 Å². The number of fused-ring (bicyclic) bond motifs is 2. The highest BCUT2D eigenvalue weighted by Crippen LogP contribution is 2.63. The zero-order chi connectivity index (χ0) is 29.2. The fraction of sp³-hybridized carbons (Fsp3) is 0.567. The van der Waals surface area contributed by atoms with Crippen LogP contribution in [-0.2, 0) is 30.5 Å². The number of unbranched alkanes of at least 4 members (excludes halogenated alkanes) is 2. The van der Waals surface area contributed by atoms with Gasteiger partial charge in [-0.25, -0.2) is 4.68 Å². The molecule has 3 fully saturated rings. The predicted molar refractivity (Wildman–Crippen MR) is 150 cm³/mol. The molecule has 0 saturated carbocycles. The van der Waals surface area contributed by atoms with Crippen molar-refractivity contribution in [1.29, 1.82) is 0 Å². The number of amides is 2. The first kappa shape index (κ1) is 28.9. The lowest BCUT2D eigenvalue weighted by atomic mass is 9.66. The molecule has 11 nitrogen and oxygen atoms in total. The summed E-state index contributed by atoms with van der Waals surface area (Å²) in [4.78, 5) is 45.3. The SMILES string of the molecule is C=CCCOC(=O)[C@H]1[C@H]2C(=O)N(CCCCCO)C(C(=O)N(CC=C)Cn3nnc4ccccc43)C23CC[C@]1(C)O3. The van der Waals surface area contributed by atoms with Crippen LogP contribution in [0, 0.1) is 11.8 Å². The number of nitrogens with zero attached hydrogens (tertiary/aromatic N) is 5. The molecule has 3 aliphatic rings. The second-order valence-corrected chi connectivity index (χ2v) is 11.4. The standard InChI is InChI=1S/C30H39N5O6/c1-4-6-19-40-28(39)24-23-26(37)34(17-10-7-11-18-36)25(30(23)15-14-29(24,3)41-30)27(38)33(16-5-2)20-35-22-13-9-8-12-21(22)31-32-35/h4-5,8-9,12-13,23-25,36H,1-2,6-7,10-11,14-20H2,3H3/t23-,24+,25?,29-,30?/m0/s1. The molecule has 1 aromatic carbocycles. The largest absolute Gasteiger partial charge is 0.465 e. The highest BCUT2D eigenvalue weighted by molar-refractivity contribution is 5.98. The molecule has 3 saturated heterocycles. The third kappa shape index (κ3) is 4.95. The van der Waals surface area contributed by atoms with Gasteiger partial charge < -0.3 is 24.4 Å². The Morgan fingerprint density at radius 2 is 2.02 bits per heavy atom. The van der Waals surface area contributed by atoms with Crippen LogP contribution in [0.1, 0.15) is 45.4 Å². The number of benzene rings is 1. The molecule has 4 heterocycles. The van der Waals surface area contributed by atoms with Gasteiger partial charge in [-0.15, -0.1) is 18.3 Å². The Labute approximate surface area is 239 Å². The summed E-state index contributed by atoms with van der Waals surface area (Å²) in [6.45, 7) is 10.3. The van der Waals surface area contributed by atoms with E-state index in [4.69, 9.17) is 9.47 Å². The van der Waals surface area contributed by atoms with Crippen LogP contribution in [-0.4, -0.2) is 91.2 Å². The van der Waals surface area contributed by atoms with Gasteiger partial charge in [0.1, 0.15) is 29.7 Å². The lowest BCUT2D eigenvalue weighted by Gasteiger charge is -2.36. The third-order valence-electron chi connectivity index (χ3n) is 8.77. The number of esters is 1. The van der Waals surface area contributed by atoms with Crippen molar-refractivity contribution in [2.75, 3.05) is 26.3 Å². The quantitative estimate of drug-likeness (QED) is 0.210. The Morgan fingerprint density at radius 3 is 2.78 bits per heavy atom. The Hall–Kier alpha value is -3.57. The van der Waals surface area contributed by atoms with E-state index in [1.54, 1.807) is 26.6 Å². The number of rotatable bonds is 14. The minimum Gasteiger partial charge on any atom is -0.465 e. The predicted octanol–water partition coefficient (Wildman–Crippen LogP) is 2.45. The molecule has 2 unspecified atom stereocenters. The average molecular weight is 566 g/mol. The second kappa shape index (κ2) is 11.7. The molecule has 0 radical (unpaired) electrons. The first-order valence-corrected chi connectivity index (χ1v) is 14.4. The summed E-state index contributed by atoms with van der Waals surface area (Å²) in [5.41, 5.74) is -0.562. The van der Waals surface area contributed by atoms with Crippen LogP contribution >= 0.6 is 0 Å². The van der Waals surface area contributed by atoms with Gasteiger partial charge in [0, 0.05) is 19.7 Å². The number of ether oxygens (including phenoxy) is 2. The highest BCUT2D eigenvalue weighted by Gasteiger charge is 2.78. The summed E-state index contributed by atoms with van der Waals surface area (Å²) in [7, 11) is 0. The molecule has 2 bridgehead atoms. The van der Waals surface area contributed by atoms with Crippen LogP contribution in [0.3, 0.4) is 0 Å². The maximum atomic E-state index is 14.5. The van der Waals surface area contributed by atoms with Crippen molar-refractivity contribution in [1.82, 2.24) is 24.8 Å². The lowest BCUT2D eigenvalue weighted by Crippen LogP contribution is -2.56. The van der Waals surface area contributed by atoms with E-state index in [0.717, 1.165) is 5.52 Å². The van der Waals surface area contributed by atoms with Gasteiger partial charge in [-0.1, -0.05) is 29.5 Å². The summed E-state index contributed by atoms with van der Waals surface area (Å²) in [6, 6.07) is 6.58. The van der Waals surface area contributed by atoms with E-state index in [1.165, 1.54) is 0 Å². The van der Waals surface area contributed by atoms with Crippen LogP contribution < -0.4 is 0 Å². The van der Waals surface area contributed by atoms with Crippen LogP contribution in [0.25, 0.3) is 11.0 Å². The molecule has 1 N–H and O–H groups in total. The topological polar surface area (TPSA) is 127 Å². The van der Waals surface area contributed by atoms with E-state index in [9.17, 15) is 19.5 Å². The van der Waals surface area contributed by atoms with Crippen molar-refractivity contribution < 1.29 is 29.0 Å². The molecule has 2 aromatic rings. The number of aliphatic hydroxyl groups is 1. The Morgan fingerprint density at radius 1 is 1.22 bits per heavy atom.